The molecule has 0 atom stereocenters. The van der Waals surface area contributed by atoms with E-state index in [1.807, 2.05) is 33.7 Å². The summed E-state index contributed by atoms with van der Waals surface area (Å²) < 4.78 is 13.4. The van der Waals surface area contributed by atoms with Gasteiger partial charge >= 0.3 is 0 Å². The molecule has 0 saturated carbocycles. The van der Waals surface area contributed by atoms with Gasteiger partial charge in [-0.15, -0.1) is 0 Å². The molecular formula is C21H22N4O5S. The second-order valence-corrected chi connectivity index (χ2v) is 7.98. The number of hydrogen-bond acceptors (Lipinski definition) is 7. The van der Waals surface area contributed by atoms with Crippen molar-refractivity contribution in [2.45, 2.75) is 6.54 Å². The van der Waals surface area contributed by atoms with Crippen LogP contribution in [0.1, 0.15) is 10.4 Å². The number of thiazole rings is 1. The number of benzene rings is 2. The summed E-state index contributed by atoms with van der Waals surface area (Å²) in [5.74, 6) is -0.519. The topological polar surface area (TPSA) is 99.2 Å². The predicted octanol–water partition coefficient (Wildman–Crippen LogP) is 2.84. The van der Waals surface area contributed by atoms with Gasteiger partial charge in [0, 0.05) is 38.4 Å². The minimum Gasteiger partial charge on any atom is -0.383 e. The maximum absolute atomic E-state index is 12.9. The highest BCUT2D eigenvalue weighted by molar-refractivity contribution is 7.16. The van der Waals surface area contributed by atoms with Crippen LogP contribution < -0.4 is 9.70 Å². The fourth-order valence-corrected chi connectivity index (χ4v) is 4.59. The van der Waals surface area contributed by atoms with Crippen molar-refractivity contribution in [3.63, 3.8) is 0 Å². The summed E-state index contributed by atoms with van der Waals surface area (Å²) in [4.78, 5) is 30.9. The van der Waals surface area contributed by atoms with E-state index in [9.17, 15) is 14.9 Å². The number of ether oxygens (including phenoxy) is 2. The van der Waals surface area contributed by atoms with E-state index in [1.54, 1.807) is 19.2 Å². The molecule has 0 radical (unpaired) electrons. The third kappa shape index (κ3) is 4.50. The molecule has 1 fully saturated rings. The number of aromatic nitrogens is 1. The van der Waals surface area contributed by atoms with Crippen LogP contribution in [0.25, 0.3) is 10.2 Å². The van der Waals surface area contributed by atoms with Gasteiger partial charge in [0.25, 0.3) is 11.6 Å². The number of nitro groups is 1. The van der Waals surface area contributed by atoms with E-state index in [0.29, 0.717) is 49.9 Å². The minimum absolute atomic E-state index is 0.105. The molecule has 1 aliphatic rings. The standard InChI is InChI=1S/C21H22N4O5S/c1-29-11-10-24-17-4-2-3-5-19(17)31-21(24)22-20(26)15-6-7-16(18(14-15)25(27)28)23-8-12-30-13-9-23/h2-7,14H,8-13H2,1H3. The maximum Gasteiger partial charge on any atom is 0.293 e. The van der Waals surface area contributed by atoms with Crippen molar-refractivity contribution in [1.29, 1.82) is 0 Å². The third-order valence-corrected chi connectivity index (χ3v) is 6.13. The lowest BCUT2D eigenvalue weighted by molar-refractivity contribution is -0.384. The number of nitrogens with zero attached hydrogens (tertiary/aromatic N) is 4. The first-order valence-corrected chi connectivity index (χ1v) is 10.7. The van der Waals surface area contributed by atoms with Crippen molar-refractivity contribution < 1.29 is 19.2 Å². The van der Waals surface area contributed by atoms with Crippen molar-refractivity contribution in [1.82, 2.24) is 4.57 Å². The van der Waals surface area contributed by atoms with Gasteiger partial charge in [-0.1, -0.05) is 23.5 Å². The number of nitro benzene ring substituents is 1. The molecule has 0 N–H and O–H groups in total. The Morgan fingerprint density at radius 3 is 2.77 bits per heavy atom. The van der Waals surface area contributed by atoms with Crippen LogP contribution >= 0.6 is 11.3 Å². The average Bonchev–Trinajstić information content (AvgIpc) is 3.14. The largest absolute Gasteiger partial charge is 0.383 e. The highest BCUT2D eigenvalue weighted by Crippen LogP contribution is 2.30. The van der Waals surface area contributed by atoms with E-state index in [-0.39, 0.29) is 11.3 Å². The average molecular weight is 442 g/mol. The van der Waals surface area contributed by atoms with Crippen molar-refractivity contribution in [2.75, 3.05) is 44.9 Å². The van der Waals surface area contributed by atoms with E-state index in [0.717, 1.165) is 10.2 Å². The van der Waals surface area contributed by atoms with E-state index >= 15 is 0 Å². The van der Waals surface area contributed by atoms with Crippen molar-refractivity contribution in [2.24, 2.45) is 4.99 Å². The maximum atomic E-state index is 12.9. The number of morpholine rings is 1. The number of anilines is 1. The molecule has 0 bridgehead atoms. The van der Waals surface area contributed by atoms with Crippen LogP contribution in [-0.4, -0.2) is 55.4 Å². The van der Waals surface area contributed by atoms with Gasteiger partial charge in [0.2, 0.25) is 0 Å². The molecule has 1 amide bonds. The lowest BCUT2D eigenvalue weighted by Gasteiger charge is -2.28. The van der Waals surface area contributed by atoms with Crippen LogP contribution in [0.15, 0.2) is 47.5 Å². The second-order valence-electron chi connectivity index (χ2n) is 6.97. The van der Waals surface area contributed by atoms with Gasteiger partial charge in [-0.3, -0.25) is 14.9 Å². The van der Waals surface area contributed by atoms with E-state index < -0.39 is 10.8 Å². The first-order chi connectivity index (χ1) is 15.1. The van der Waals surface area contributed by atoms with E-state index in [1.165, 1.54) is 17.4 Å². The first kappa shape index (κ1) is 21.2. The Morgan fingerprint density at radius 2 is 2.03 bits per heavy atom. The van der Waals surface area contributed by atoms with Gasteiger partial charge in [0.05, 0.1) is 35.0 Å². The molecule has 31 heavy (non-hydrogen) atoms. The number of fused-ring (bicyclic) bond motifs is 1. The lowest BCUT2D eigenvalue weighted by Crippen LogP contribution is -2.36. The molecule has 9 nitrogen and oxygen atoms in total. The highest BCUT2D eigenvalue weighted by atomic mass is 32.1. The first-order valence-electron chi connectivity index (χ1n) is 9.86. The van der Waals surface area contributed by atoms with Crippen LogP contribution in [0.5, 0.6) is 0 Å². The van der Waals surface area contributed by atoms with Gasteiger partial charge < -0.3 is 18.9 Å². The monoisotopic (exact) mass is 442 g/mol. The van der Waals surface area contributed by atoms with Gasteiger partial charge in [0.1, 0.15) is 5.69 Å². The fourth-order valence-electron chi connectivity index (χ4n) is 3.53. The summed E-state index contributed by atoms with van der Waals surface area (Å²) in [6.07, 6.45) is 0. The van der Waals surface area contributed by atoms with E-state index in [4.69, 9.17) is 9.47 Å². The third-order valence-electron chi connectivity index (χ3n) is 5.08. The number of hydrogen-bond donors (Lipinski definition) is 0. The summed E-state index contributed by atoms with van der Waals surface area (Å²) in [7, 11) is 1.62. The zero-order chi connectivity index (χ0) is 21.8. The Hall–Kier alpha value is -3.08. The van der Waals surface area contributed by atoms with Crippen LogP contribution in [0.2, 0.25) is 0 Å². The lowest BCUT2D eigenvalue weighted by atomic mass is 10.1. The Labute approximate surface area is 182 Å². The van der Waals surface area contributed by atoms with Crippen molar-refractivity contribution in [3.8, 4) is 0 Å². The summed E-state index contributed by atoms with van der Waals surface area (Å²) in [6.45, 7) is 3.19. The molecule has 1 aromatic heterocycles. The molecule has 3 aromatic rings. The second kappa shape index (κ2) is 9.38. The van der Waals surface area contributed by atoms with Crippen LogP contribution in [0, 0.1) is 10.1 Å². The number of carbonyl (C=O) groups is 1. The zero-order valence-electron chi connectivity index (χ0n) is 17.0. The molecule has 162 valence electrons. The normalized spacial score (nSPS) is 14.9. The molecule has 1 aliphatic heterocycles. The fraction of sp³-hybridized carbons (Fsp3) is 0.333. The Balaban J connectivity index is 1.72. The quantitative estimate of drug-likeness (QED) is 0.430. The van der Waals surface area contributed by atoms with Crippen molar-refractivity contribution >= 4 is 38.8 Å². The molecule has 0 unspecified atom stereocenters. The smallest absolute Gasteiger partial charge is 0.293 e. The van der Waals surface area contributed by atoms with Gasteiger partial charge in [-0.2, -0.15) is 4.99 Å². The highest BCUT2D eigenvalue weighted by Gasteiger charge is 2.23. The summed E-state index contributed by atoms with van der Waals surface area (Å²) >= 11 is 1.40. The van der Waals surface area contributed by atoms with Gasteiger partial charge in [-0.05, 0) is 24.3 Å². The summed E-state index contributed by atoms with van der Waals surface area (Å²) in [6, 6.07) is 12.3. The Kier molecular flexibility index (Phi) is 6.40. The molecule has 2 aromatic carbocycles. The van der Waals surface area contributed by atoms with Crippen LogP contribution in [-0.2, 0) is 16.0 Å². The van der Waals surface area contributed by atoms with E-state index in [2.05, 4.69) is 4.99 Å². The zero-order valence-corrected chi connectivity index (χ0v) is 17.8. The van der Waals surface area contributed by atoms with Crippen LogP contribution in [0.3, 0.4) is 0 Å². The molecule has 4 rings (SSSR count). The van der Waals surface area contributed by atoms with Gasteiger partial charge in [-0.25, -0.2) is 0 Å². The summed E-state index contributed by atoms with van der Waals surface area (Å²) in [5.41, 5.74) is 1.53. The molecule has 1 saturated heterocycles. The Morgan fingerprint density at radius 1 is 1.26 bits per heavy atom. The minimum atomic E-state index is -0.519. The summed E-state index contributed by atoms with van der Waals surface area (Å²) in [5, 5.41) is 11.7. The molecule has 2 heterocycles. The molecule has 10 heteroatoms. The predicted molar refractivity (Wildman–Crippen MR) is 118 cm³/mol. The number of rotatable bonds is 6. The molecule has 0 aliphatic carbocycles. The van der Waals surface area contributed by atoms with Crippen molar-refractivity contribution in [3.05, 3.63) is 62.9 Å². The van der Waals surface area contributed by atoms with Gasteiger partial charge in [0.15, 0.2) is 4.80 Å². The van der Waals surface area contributed by atoms with Crippen LogP contribution in [0.4, 0.5) is 11.4 Å². The molecular weight excluding hydrogens is 420 g/mol. The SMILES string of the molecule is COCCn1c(=NC(=O)c2ccc(N3CCOCC3)c([N+](=O)[O-])c2)sc2ccccc21. The number of para-hydroxylation sites is 1. The number of carbonyl (C=O) groups excluding carboxylic acids is 1. The number of methoxy groups -OCH3 is 1. The Bertz CT molecular complexity index is 1180. The number of amides is 1. The molecule has 0 spiro atoms.